The number of hydrogen-bond donors (Lipinski definition) is 0. The Hall–Kier alpha value is -3.10. The van der Waals surface area contributed by atoms with E-state index in [1.54, 1.807) is 6.92 Å². The maximum absolute atomic E-state index is 13.9. The van der Waals surface area contributed by atoms with E-state index in [9.17, 15) is 26.7 Å². The van der Waals surface area contributed by atoms with Crippen LogP contribution in [0.5, 0.6) is 5.75 Å². The van der Waals surface area contributed by atoms with Gasteiger partial charge in [0.05, 0.1) is 12.2 Å². The van der Waals surface area contributed by atoms with Gasteiger partial charge in [-0.15, -0.1) is 0 Å². The Balaban J connectivity index is 2.02. The number of hydrogen-bond acceptors (Lipinski definition) is 4. The molecule has 1 heterocycles. The lowest BCUT2D eigenvalue weighted by Gasteiger charge is -2.16. The molecule has 2 aromatic carbocycles. The smallest absolute Gasteiger partial charge is 0.342 e. The highest BCUT2D eigenvalue weighted by Gasteiger charge is 2.30. The fourth-order valence-electron chi connectivity index (χ4n) is 3.03. The molecule has 0 radical (unpaired) electrons. The number of rotatable bonds is 5. The van der Waals surface area contributed by atoms with Crippen molar-refractivity contribution in [3.8, 4) is 5.75 Å². The number of fused-ring (bicyclic) bond motifs is 1. The first kappa shape index (κ1) is 22.6. The molecule has 0 aliphatic heterocycles. The molecule has 4 nitrogen and oxygen atoms in total. The van der Waals surface area contributed by atoms with Gasteiger partial charge in [-0.05, 0) is 25.1 Å². The first-order valence-corrected chi connectivity index (χ1v) is 9.34. The fourth-order valence-corrected chi connectivity index (χ4v) is 3.03. The van der Waals surface area contributed by atoms with Gasteiger partial charge in [0.15, 0.2) is 23.3 Å². The van der Waals surface area contributed by atoms with Gasteiger partial charge in [0.2, 0.25) is 5.82 Å². The summed E-state index contributed by atoms with van der Waals surface area (Å²) in [5, 5.41) is 0.332. The molecule has 1 aromatic heterocycles. The molecule has 3 aromatic rings. The van der Waals surface area contributed by atoms with Gasteiger partial charge < -0.3 is 13.9 Å². The molecule has 0 spiro atoms. The molecule has 0 saturated carbocycles. The molecule has 0 bridgehead atoms. The summed E-state index contributed by atoms with van der Waals surface area (Å²) in [7, 11) is 0. The van der Waals surface area contributed by atoms with Gasteiger partial charge in [-0.25, -0.2) is 26.7 Å². The van der Waals surface area contributed by atoms with E-state index in [0.717, 1.165) is 0 Å². The number of furan rings is 1. The Labute approximate surface area is 174 Å². The number of ether oxygens (including phenoxy) is 2. The molecule has 0 aliphatic rings. The van der Waals surface area contributed by atoms with Gasteiger partial charge in [0, 0.05) is 10.8 Å². The average Bonchev–Trinajstić information content (AvgIpc) is 3.10. The highest BCUT2D eigenvalue weighted by atomic mass is 19.2. The maximum atomic E-state index is 13.9. The highest BCUT2D eigenvalue weighted by Crippen LogP contribution is 2.37. The molecular weight excluding hydrogens is 423 g/mol. The second-order valence-electron chi connectivity index (χ2n) is 7.77. The van der Waals surface area contributed by atoms with E-state index >= 15 is 0 Å². The minimum Gasteiger partial charge on any atom is -0.489 e. The third kappa shape index (κ3) is 4.08. The summed E-state index contributed by atoms with van der Waals surface area (Å²) >= 11 is 0. The van der Waals surface area contributed by atoms with E-state index in [0.29, 0.717) is 16.7 Å². The normalized spacial score (nSPS) is 11.8. The van der Waals surface area contributed by atoms with Crippen molar-refractivity contribution in [2.24, 2.45) is 0 Å². The number of halogens is 5. The zero-order valence-electron chi connectivity index (χ0n) is 17.2. The van der Waals surface area contributed by atoms with Crippen molar-refractivity contribution in [2.75, 3.05) is 6.61 Å². The summed E-state index contributed by atoms with van der Waals surface area (Å²) in [6.45, 7) is 6.38. The molecule has 31 heavy (non-hydrogen) atoms. The summed E-state index contributed by atoms with van der Waals surface area (Å²) in [5.74, 6) is -10.5. The summed E-state index contributed by atoms with van der Waals surface area (Å²) in [4.78, 5) is 12.5. The Morgan fingerprint density at radius 1 is 0.968 bits per heavy atom. The van der Waals surface area contributed by atoms with E-state index < -0.39 is 52.6 Å². The van der Waals surface area contributed by atoms with Crippen molar-refractivity contribution in [2.45, 2.75) is 39.7 Å². The van der Waals surface area contributed by atoms with Crippen molar-refractivity contribution in [3.63, 3.8) is 0 Å². The van der Waals surface area contributed by atoms with E-state index in [2.05, 4.69) is 0 Å². The van der Waals surface area contributed by atoms with Crippen LogP contribution in [-0.4, -0.2) is 12.6 Å². The van der Waals surface area contributed by atoms with Gasteiger partial charge in [-0.3, -0.25) is 0 Å². The highest BCUT2D eigenvalue weighted by molar-refractivity contribution is 6.05. The molecule has 0 N–H and O–H groups in total. The van der Waals surface area contributed by atoms with E-state index in [-0.39, 0.29) is 17.9 Å². The number of carbonyl (C=O) groups is 1. The molecular formula is C22H19F5O4. The first-order chi connectivity index (χ1) is 14.5. The van der Waals surface area contributed by atoms with Gasteiger partial charge in [0.1, 0.15) is 29.3 Å². The summed E-state index contributed by atoms with van der Waals surface area (Å²) in [6, 6.07) is 4.24. The van der Waals surface area contributed by atoms with E-state index in [1.165, 1.54) is 18.2 Å². The lowest BCUT2D eigenvalue weighted by atomic mass is 9.89. The molecule has 166 valence electrons. The fraction of sp³-hybridized carbons (Fsp3) is 0.318. The molecule has 0 saturated heterocycles. The number of carbonyl (C=O) groups excluding carboxylic acids is 1. The predicted molar refractivity (Wildman–Crippen MR) is 101 cm³/mol. The lowest BCUT2D eigenvalue weighted by molar-refractivity contribution is 0.0523. The van der Waals surface area contributed by atoms with Crippen molar-refractivity contribution in [1.29, 1.82) is 0 Å². The Morgan fingerprint density at radius 2 is 1.55 bits per heavy atom. The molecule has 3 rings (SSSR count). The maximum Gasteiger partial charge on any atom is 0.342 e. The second-order valence-corrected chi connectivity index (χ2v) is 7.77. The van der Waals surface area contributed by atoms with Crippen LogP contribution in [-0.2, 0) is 16.8 Å². The van der Waals surface area contributed by atoms with Crippen LogP contribution in [0.4, 0.5) is 22.0 Å². The predicted octanol–water partition coefficient (Wildman–Crippen LogP) is 6.18. The minimum atomic E-state index is -2.24. The standard InChI is InChI=1S/C22H19F5O4/c1-5-29-21(28)14-11-8-10(6-7-13(11)31-20(14)22(2,3)4)30-9-12-15(23)17(25)19(27)18(26)16(12)24/h6-8H,5,9H2,1-4H3. The van der Waals surface area contributed by atoms with Crippen LogP contribution in [0.3, 0.4) is 0 Å². The summed E-state index contributed by atoms with van der Waals surface area (Å²) in [5.41, 5.74) is -1.13. The van der Waals surface area contributed by atoms with E-state index in [1.807, 2.05) is 20.8 Å². The van der Waals surface area contributed by atoms with Crippen LogP contribution in [0, 0.1) is 29.1 Å². The molecule has 0 fully saturated rings. The minimum absolute atomic E-state index is 0.0308. The molecule has 0 unspecified atom stereocenters. The van der Waals surface area contributed by atoms with Gasteiger partial charge in [-0.1, -0.05) is 20.8 Å². The summed E-state index contributed by atoms with van der Waals surface area (Å²) < 4.78 is 83.9. The third-order valence-electron chi connectivity index (χ3n) is 4.50. The van der Waals surface area contributed by atoms with Crippen LogP contribution in [0.25, 0.3) is 11.0 Å². The monoisotopic (exact) mass is 442 g/mol. The Kier molecular flexibility index (Phi) is 5.98. The number of benzene rings is 2. The quantitative estimate of drug-likeness (QED) is 0.205. The number of esters is 1. The van der Waals surface area contributed by atoms with Crippen molar-refractivity contribution in [1.82, 2.24) is 0 Å². The first-order valence-electron chi connectivity index (χ1n) is 9.34. The Morgan fingerprint density at radius 3 is 2.10 bits per heavy atom. The SMILES string of the molecule is CCOC(=O)c1c(C(C)(C)C)oc2ccc(OCc3c(F)c(F)c(F)c(F)c3F)cc12. The van der Waals surface area contributed by atoms with Crippen molar-refractivity contribution < 1.29 is 40.6 Å². The molecule has 9 heteroatoms. The second kappa shape index (κ2) is 8.20. The van der Waals surface area contributed by atoms with Gasteiger partial charge in [-0.2, -0.15) is 0 Å². The average molecular weight is 442 g/mol. The van der Waals surface area contributed by atoms with Gasteiger partial charge in [0.25, 0.3) is 0 Å². The lowest BCUT2D eigenvalue weighted by Crippen LogP contribution is -2.16. The largest absolute Gasteiger partial charge is 0.489 e. The topological polar surface area (TPSA) is 48.7 Å². The molecule has 0 atom stereocenters. The van der Waals surface area contributed by atoms with Crippen molar-refractivity contribution >= 4 is 16.9 Å². The summed E-state index contributed by atoms with van der Waals surface area (Å²) in [6.07, 6.45) is 0. The van der Waals surface area contributed by atoms with E-state index in [4.69, 9.17) is 13.9 Å². The zero-order valence-corrected chi connectivity index (χ0v) is 17.2. The van der Waals surface area contributed by atoms with Gasteiger partial charge >= 0.3 is 5.97 Å². The molecule has 0 amide bonds. The van der Waals surface area contributed by atoms with Crippen LogP contribution in [0.2, 0.25) is 0 Å². The van der Waals surface area contributed by atoms with Crippen molar-refractivity contribution in [3.05, 3.63) is 64.2 Å². The van der Waals surface area contributed by atoms with Crippen LogP contribution >= 0.6 is 0 Å². The molecule has 0 aliphatic carbocycles. The van der Waals surface area contributed by atoms with Crippen LogP contribution in [0.15, 0.2) is 22.6 Å². The zero-order chi connectivity index (χ0) is 23.1. The third-order valence-corrected chi connectivity index (χ3v) is 4.50. The Bertz CT molecular complexity index is 1130. The van der Waals surface area contributed by atoms with Crippen LogP contribution < -0.4 is 4.74 Å². The van der Waals surface area contributed by atoms with Crippen LogP contribution in [0.1, 0.15) is 49.4 Å².